The summed E-state index contributed by atoms with van der Waals surface area (Å²) in [4.78, 5) is 13.3. The Bertz CT molecular complexity index is 802. The van der Waals surface area contributed by atoms with Gasteiger partial charge in [-0.25, -0.2) is 8.78 Å². The van der Waals surface area contributed by atoms with Crippen molar-refractivity contribution in [3.8, 4) is 0 Å². The second kappa shape index (κ2) is 5.57. The number of quaternary nitrogens is 1. The molecule has 1 fully saturated rings. The van der Waals surface area contributed by atoms with Gasteiger partial charge in [-0.3, -0.25) is 4.79 Å². The molecule has 2 bridgehead atoms. The number of pyridine rings is 1. The number of hydrogen-bond donors (Lipinski definition) is 1. The fourth-order valence-corrected chi connectivity index (χ4v) is 4.21. The number of benzene rings is 1. The summed E-state index contributed by atoms with van der Waals surface area (Å²) in [6, 6.07) is 9.09. The van der Waals surface area contributed by atoms with E-state index in [0.717, 1.165) is 37.8 Å². The molecule has 1 aromatic carbocycles. The fourth-order valence-electron chi connectivity index (χ4n) is 4.21. The molecule has 1 saturated heterocycles. The quantitative estimate of drug-likeness (QED) is 0.889. The van der Waals surface area contributed by atoms with Gasteiger partial charge >= 0.3 is 0 Å². The SMILES string of the molecule is O=c1cccc2n1C[C@@H]1C[C@H]2C[NH+](Cc2cc(F)ccc2F)C1. The van der Waals surface area contributed by atoms with E-state index in [0.29, 0.717) is 23.9 Å². The van der Waals surface area contributed by atoms with Crippen molar-refractivity contribution >= 4 is 0 Å². The molecule has 0 saturated carbocycles. The first kappa shape index (κ1) is 14.6. The van der Waals surface area contributed by atoms with Crippen LogP contribution in [0.2, 0.25) is 0 Å². The monoisotopic (exact) mass is 317 g/mol. The van der Waals surface area contributed by atoms with E-state index in [1.807, 2.05) is 16.7 Å². The van der Waals surface area contributed by atoms with E-state index in [-0.39, 0.29) is 11.4 Å². The summed E-state index contributed by atoms with van der Waals surface area (Å²) >= 11 is 0. The summed E-state index contributed by atoms with van der Waals surface area (Å²) in [5.74, 6) is 0.0112. The highest BCUT2D eigenvalue weighted by Gasteiger charge is 2.37. The van der Waals surface area contributed by atoms with Crippen LogP contribution in [0, 0.1) is 17.6 Å². The van der Waals surface area contributed by atoms with Gasteiger partial charge in [0, 0.05) is 35.7 Å². The number of nitrogens with one attached hydrogen (secondary N) is 1. The second-order valence-corrected chi connectivity index (χ2v) is 6.77. The molecule has 0 radical (unpaired) electrons. The van der Waals surface area contributed by atoms with Crippen molar-refractivity contribution in [3.63, 3.8) is 0 Å². The number of fused-ring (bicyclic) bond motifs is 4. The molecule has 1 aromatic heterocycles. The summed E-state index contributed by atoms with van der Waals surface area (Å²) in [7, 11) is 0. The minimum Gasteiger partial charge on any atom is -0.330 e. The molecule has 5 heteroatoms. The Morgan fingerprint density at radius 2 is 2.04 bits per heavy atom. The summed E-state index contributed by atoms with van der Waals surface area (Å²) < 4.78 is 29.1. The molecular weight excluding hydrogens is 298 g/mol. The maximum Gasteiger partial charge on any atom is 0.250 e. The number of aromatic nitrogens is 1. The van der Waals surface area contributed by atoms with Crippen molar-refractivity contribution in [2.24, 2.45) is 5.92 Å². The van der Waals surface area contributed by atoms with Crippen LogP contribution in [0.1, 0.15) is 23.6 Å². The Morgan fingerprint density at radius 3 is 2.91 bits per heavy atom. The van der Waals surface area contributed by atoms with E-state index in [1.165, 1.54) is 17.0 Å². The van der Waals surface area contributed by atoms with Gasteiger partial charge in [-0.15, -0.1) is 0 Å². The average Bonchev–Trinajstić information content (AvgIpc) is 2.52. The predicted molar refractivity (Wildman–Crippen MR) is 82.3 cm³/mol. The molecule has 3 atom stereocenters. The topological polar surface area (TPSA) is 26.4 Å². The maximum absolute atomic E-state index is 13.9. The van der Waals surface area contributed by atoms with Crippen molar-refractivity contribution in [2.75, 3.05) is 13.1 Å². The van der Waals surface area contributed by atoms with Gasteiger partial charge in [0.15, 0.2) is 0 Å². The molecular formula is C18H19F2N2O+. The third-order valence-corrected chi connectivity index (χ3v) is 5.12. The van der Waals surface area contributed by atoms with Crippen molar-refractivity contribution in [3.05, 3.63) is 69.6 Å². The molecule has 4 rings (SSSR count). The molecule has 2 aromatic rings. The minimum atomic E-state index is -0.394. The largest absolute Gasteiger partial charge is 0.330 e. The van der Waals surface area contributed by atoms with Crippen LogP contribution in [0.5, 0.6) is 0 Å². The van der Waals surface area contributed by atoms with Crippen LogP contribution >= 0.6 is 0 Å². The van der Waals surface area contributed by atoms with Gasteiger partial charge in [-0.05, 0) is 30.7 Å². The number of hydrogen-bond acceptors (Lipinski definition) is 1. The first-order chi connectivity index (χ1) is 11.1. The van der Waals surface area contributed by atoms with Crippen LogP contribution in [-0.2, 0) is 13.1 Å². The van der Waals surface area contributed by atoms with Gasteiger partial charge < -0.3 is 9.47 Å². The zero-order chi connectivity index (χ0) is 16.0. The maximum atomic E-state index is 13.9. The van der Waals surface area contributed by atoms with Gasteiger partial charge in [0.2, 0.25) is 0 Å². The number of nitrogens with zero attached hydrogens (tertiary/aromatic N) is 1. The fraction of sp³-hybridized carbons (Fsp3) is 0.389. The van der Waals surface area contributed by atoms with Crippen molar-refractivity contribution in [1.82, 2.24) is 4.57 Å². The lowest BCUT2D eigenvalue weighted by molar-refractivity contribution is -0.924. The van der Waals surface area contributed by atoms with Gasteiger partial charge in [0.1, 0.15) is 18.2 Å². The van der Waals surface area contributed by atoms with Crippen LogP contribution in [-0.4, -0.2) is 17.7 Å². The second-order valence-electron chi connectivity index (χ2n) is 6.77. The lowest BCUT2D eigenvalue weighted by Gasteiger charge is -2.40. The van der Waals surface area contributed by atoms with Crippen LogP contribution < -0.4 is 10.5 Å². The summed E-state index contributed by atoms with van der Waals surface area (Å²) in [6.45, 7) is 2.98. The Balaban J connectivity index is 1.59. The molecule has 120 valence electrons. The molecule has 1 N–H and O–H groups in total. The van der Waals surface area contributed by atoms with Crippen LogP contribution in [0.15, 0.2) is 41.2 Å². The van der Waals surface area contributed by atoms with E-state index in [9.17, 15) is 13.6 Å². The highest BCUT2D eigenvalue weighted by Crippen LogP contribution is 2.30. The minimum absolute atomic E-state index is 0.0665. The third-order valence-electron chi connectivity index (χ3n) is 5.12. The smallest absolute Gasteiger partial charge is 0.250 e. The number of piperidine rings is 1. The highest BCUT2D eigenvalue weighted by molar-refractivity contribution is 5.18. The summed E-state index contributed by atoms with van der Waals surface area (Å²) in [6.07, 6.45) is 1.08. The molecule has 1 unspecified atom stereocenters. The van der Waals surface area contributed by atoms with E-state index < -0.39 is 5.82 Å². The first-order valence-electron chi connectivity index (χ1n) is 8.07. The van der Waals surface area contributed by atoms with E-state index in [1.54, 1.807) is 6.07 Å². The molecule has 2 aliphatic rings. The predicted octanol–water partition coefficient (Wildman–Crippen LogP) is 1.33. The molecule has 23 heavy (non-hydrogen) atoms. The summed E-state index contributed by atoms with van der Waals surface area (Å²) in [5.41, 5.74) is 1.59. The van der Waals surface area contributed by atoms with Gasteiger partial charge in [-0.2, -0.15) is 0 Å². The lowest BCUT2D eigenvalue weighted by atomic mass is 9.83. The Morgan fingerprint density at radius 1 is 1.17 bits per heavy atom. The first-order valence-corrected chi connectivity index (χ1v) is 8.07. The average molecular weight is 317 g/mol. The Labute approximate surface area is 133 Å². The van der Waals surface area contributed by atoms with Gasteiger partial charge in [-0.1, -0.05) is 6.07 Å². The van der Waals surface area contributed by atoms with Gasteiger partial charge in [0.05, 0.1) is 13.1 Å². The van der Waals surface area contributed by atoms with Crippen molar-refractivity contribution < 1.29 is 13.7 Å². The standard InChI is InChI=1S/C18H18F2N2O/c19-15-4-5-16(20)13(7-15)10-21-8-12-6-14(11-21)17-2-1-3-18(23)22(17)9-12/h1-5,7,12,14H,6,8-11H2/p+1/t12-,14+/m1/s1. The normalized spacial score (nSPS) is 25.9. The lowest BCUT2D eigenvalue weighted by Crippen LogP contribution is -3.13. The van der Waals surface area contributed by atoms with Crippen molar-refractivity contribution in [2.45, 2.75) is 25.4 Å². The molecule has 3 heterocycles. The Kier molecular flexibility index (Phi) is 3.53. The number of rotatable bonds is 2. The molecule has 0 amide bonds. The van der Waals surface area contributed by atoms with E-state index in [2.05, 4.69) is 0 Å². The van der Waals surface area contributed by atoms with Crippen molar-refractivity contribution in [1.29, 1.82) is 0 Å². The zero-order valence-corrected chi connectivity index (χ0v) is 12.8. The van der Waals surface area contributed by atoms with Gasteiger partial charge in [0.25, 0.3) is 5.56 Å². The molecule has 0 aliphatic carbocycles. The number of likely N-dealkylation sites (tertiary alicyclic amines) is 1. The van der Waals surface area contributed by atoms with Crippen LogP contribution in [0.25, 0.3) is 0 Å². The highest BCUT2D eigenvalue weighted by atomic mass is 19.1. The van der Waals surface area contributed by atoms with E-state index >= 15 is 0 Å². The molecule has 3 nitrogen and oxygen atoms in total. The van der Waals surface area contributed by atoms with E-state index in [4.69, 9.17) is 0 Å². The van der Waals surface area contributed by atoms with Crippen LogP contribution in [0.3, 0.4) is 0 Å². The van der Waals surface area contributed by atoms with Crippen LogP contribution in [0.4, 0.5) is 8.78 Å². The molecule has 0 spiro atoms. The zero-order valence-electron chi connectivity index (χ0n) is 12.8. The Hall–Kier alpha value is -2.01. The summed E-state index contributed by atoms with van der Waals surface area (Å²) in [5, 5.41) is 0. The third kappa shape index (κ3) is 2.70. The molecule has 2 aliphatic heterocycles. The number of halogens is 2.